The summed E-state index contributed by atoms with van der Waals surface area (Å²) in [6.45, 7) is 4.02. The number of ether oxygens (including phenoxy) is 1. The van der Waals surface area contributed by atoms with Gasteiger partial charge in [0.25, 0.3) is 0 Å². The fraction of sp³-hybridized carbons (Fsp3) is 0.450. The number of rotatable bonds is 8. The zero-order chi connectivity index (χ0) is 18.0. The van der Waals surface area contributed by atoms with Gasteiger partial charge in [-0.2, -0.15) is 0 Å². The quantitative estimate of drug-likeness (QED) is 0.549. The minimum absolute atomic E-state index is 0.520. The van der Waals surface area contributed by atoms with Crippen LogP contribution >= 0.6 is 11.6 Å². The first-order valence-corrected chi connectivity index (χ1v) is 9.54. The van der Waals surface area contributed by atoms with E-state index in [0.29, 0.717) is 5.92 Å². The Kier molecular flexibility index (Phi) is 7.40. The molecule has 2 heterocycles. The fourth-order valence-electron chi connectivity index (χ4n) is 2.90. The third kappa shape index (κ3) is 6.39. The van der Waals surface area contributed by atoms with E-state index >= 15 is 0 Å². The lowest BCUT2D eigenvalue weighted by atomic mass is 10.1. The molecule has 1 aliphatic rings. The maximum absolute atomic E-state index is 6.05. The van der Waals surface area contributed by atoms with Crippen molar-refractivity contribution in [3.8, 4) is 0 Å². The van der Waals surface area contributed by atoms with Gasteiger partial charge in [0.1, 0.15) is 5.76 Å². The first kappa shape index (κ1) is 18.8. The standard InChI is InChI=1S/C20H26ClN3O2/c21-18-4-1-3-16(13-18)6-9-22-20(24-14-17-8-12-25-15-17)23-10-7-19-5-2-11-26-19/h1-5,11,13,17H,6-10,12,14-15H2,(H2,22,23,24). The van der Waals surface area contributed by atoms with E-state index in [1.165, 1.54) is 5.56 Å². The number of aliphatic imine (C=N–C) groups is 1. The summed E-state index contributed by atoms with van der Waals surface area (Å²) in [4.78, 5) is 4.73. The van der Waals surface area contributed by atoms with E-state index in [2.05, 4.69) is 16.7 Å². The van der Waals surface area contributed by atoms with Gasteiger partial charge in [0.2, 0.25) is 0 Å². The van der Waals surface area contributed by atoms with E-state index in [-0.39, 0.29) is 0 Å². The van der Waals surface area contributed by atoms with Crippen molar-refractivity contribution in [1.29, 1.82) is 0 Å². The molecular weight excluding hydrogens is 350 g/mol. The van der Waals surface area contributed by atoms with Crippen molar-refractivity contribution in [1.82, 2.24) is 10.6 Å². The molecule has 0 bridgehead atoms. The predicted molar refractivity (Wildman–Crippen MR) is 105 cm³/mol. The molecule has 1 aliphatic heterocycles. The second kappa shape index (κ2) is 10.2. The minimum Gasteiger partial charge on any atom is -0.469 e. The average molecular weight is 376 g/mol. The molecule has 2 aromatic rings. The highest BCUT2D eigenvalue weighted by Gasteiger charge is 2.15. The summed E-state index contributed by atoms with van der Waals surface area (Å²) in [6.07, 6.45) is 4.51. The minimum atomic E-state index is 0.520. The normalized spacial score (nSPS) is 17.4. The van der Waals surface area contributed by atoms with Crippen LogP contribution in [-0.2, 0) is 17.6 Å². The zero-order valence-corrected chi connectivity index (χ0v) is 15.7. The van der Waals surface area contributed by atoms with Gasteiger partial charge in [-0.05, 0) is 42.7 Å². The molecule has 1 unspecified atom stereocenters. The molecule has 6 heteroatoms. The molecule has 0 aliphatic carbocycles. The summed E-state index contributed by atoms with van der Waals surface area (Å²) in [5.41, 5.74) is 1.21. The predicted octanol–water partition coefficient (Wildman–Crippen LogP) is 3.29. The first-order chi connectivity index (χ1) is 12.8. The number of benzene rings is 1. The van der Waals surface area contributed by atoms with Gasteiger partial charge in [-0.25, -0.2) is 0 Å². The summed E-state index contributed by atoms with van der Waals surface area (Å²) in [5, 5.41) is 7.58. The maximum Gasteiger partial charge on any atom is 0.191 e. The van der Waals surface area contributed by atoms with E-state index in [1.54, 1.807) is 6.26 Å². The molecule has 1 atom stereocenters. The van der Waals surface area contributed by atoms with E-state index in [4.69, 9.17) is 25.7 Å². The van der Waals surface area contributed by atoms with Gasteiger partial charge in [0, 0.05) is 43.6 Å². The number of nitrogens with zero attached hydrogens (tertiary/aromatic N) is 1. The summed E-state index contributed by atoms with van der Waals surface area (Å²) in [5.74, 6) is 2.33. The molecule has 26 heavy (non-hydrogen) atoms. The van der Waals surface area contributed by atoms with Crippen LogP contribution in [0.2, 0.25) is 5.02 Å². The van der Waals surface area contributed by atoms with Gasteiger partial charge in [-0.1, -0.05) is 23.7 Å². The fourth-order valence-corrected chi connectivity index (χ4v) is 3.11. The number of halogens is 1. The molecule has 2 N–H and O–H groups in total. The molecule has 140 valence electrons. The van der Waals surface area contributed by atoms with Gasteiger partial charge in [-0.15, -0.1) is 0 Å². The Hall–Kier alpha value is -1.98. The highest BCUT2D eigenvalue weighted by atomic mass is 35.5. The Labute approximate surface area is 159 Å². The largest absolute Gasteiger partial charge is 0.469 e. The smallest absolute Gasteiger partial charge is 0.191 e. The zero-order valence-electron chi connectivity index (χ0n) is 14.9. The molecule has 5 nitrogen and oxygen atoms in total. The maximum atomic E-state index is 6.05. The van der Waals surface area contributed by atoms with Crippen molar-refractivity contribution < 1.29 is 9.15 Å². The van der Waals surface area contributed by atoms with Gasteiger partial charge < -0.3 is 19.8 Å². The average Bonchev–Trinajstić information content (AvgIpc) is 3.33. The van der Waals surface area contributed by atoms with Gasteiger partial charge in [0.05, 0.1) is 12.9 Å². The number of furan rings is 1. The number of hydrogen-bond donors (Lipinski definition) is 2. The van der Waals surface area contributed by atoms with Crippen molar-refractivity contribution in [2.24, 2.45) is 10.9 Å². The summed E-state index contributed by atoms with van der Waals surface area (Å²) in [7, 11) is 0. The molecule has 1 aromatic carbocycles. The number of nitrogens with one attached hydrogen (secondary N) is 2. The van der Waals surface area contributed by atoms with Crippen molar-refractivity contribution in [2.75, 3.05) is 32.8 Å². The van der Waals surface area contributed by atoms with Crippen molar-refractivity contribution in [3.63, 3.8) is 0 Å². The molecule has 3 rings (SSSR count). The Morgan fingerprint density at radius 2 is 2.04 bits per heavy atom. The first-order valence-electron chi connectivity index (χ1n) is 9.16. The van der Waals surface area contributed by atoms with E-state index in [9.17, 15) is 0 Å². The Morgan fingerprint density at radius 3 is 2.77 bits per heavy atom. The summed E-state index contributed by atoms with van der Waals surface area (Å²) >= 11 is 6.05. The van der Waals surface area contributed by atoms with E-state index in [0.717, 1.165) is 68.9 Å². The van der Waals surface area contributed by atoms with Crippen LogP contribution in [0, 0.1) is 5.92 Å². The number of guanidine groups is 1. The van der Waals surface area contributed by atoms with Crippen molar-refractivity contribution >= 4 is 17.6 Å². The highest BCUT2D eigenvalue weighted by Crippen LogP contribution is 2.12. The van der Waals surface area contributed by atoms with Crippen LogP contribution in [0.3, 0.4) is 0 Å². The Bertz CT molecular complexity index is 682. The SMILES string of the molecule is Clc1cccc(CCNC(=NCC2CCOC2)NCCc2ccco2)c1. The molecule has 1 fully saturated rings. The molecular formula is C20H26ClN3O2. The molecule has 0 radical (unpaired) electrons. The van der Waals surface area contributed by atoms with Crippen molar-refractivity contribution in [2.45, 2.75) is 19.3 Å². The van der Waals surface area contributed by atoms with E-state index < -0.39 is 0 Å². The van der Waals surface area contributed by atoms with Crippen LogP contribution in [0.25, 0.3) is 0 Å². The summed E-state index contributed by atoms with van der Waals surface area (Å²) < 4.78 is 10.8. The molecule has 0 spiro atoms. The van der Waals surface area contributed by atoms with Gasteiger partial charge in [0.15, 0.2) is 5.96 Å². The topological polar surface area (TPSA) is 58.8 Å². The van der Waals surface area contributed by atoms with Crippen LogP contribution in [0.1, 0.15) is 17.7 Å². The lowest BCUT2D eigenvalue weighted by Gasteiger charge is -2.13. The molecule has 1 aromatic heterocycles. The Balaban J connectivity index is 1.48. The highest BCUT2D eigenvalue weighted by molar-refractivity contribution is 6.30. The van der Waals surface area contributed by atoms with Crippen LogP contribution in [-0.4, -0.2) is 38.8 Å². The second-order valence-corrected chi connectivity index (χ2v) is 6.92. The van der Waals surface area contributed by atoms with Crippen LogP contribution in [0.5, 0.6) is 0 Å². The van der Waals surface area contributed by atoms with Crippen LogP contribution < -0.4 is 10.6 Å². The molecule has 0 saturated carbocycles. The lowest BCUT2D eigenvalue weighted by molar-refractivity contribution is 0.187. The third-order valence-electron chi connectivity index (χ3n) is 4.37. The lowest BCUT2D eigenvalue weighted by Crippen LogP contribution is -2.39. The molecule has 1 saturated heterocycles. The van der Waals surface area contributed by atoms with Gasteiger partial charge in [-0.3, -0.25) is 4.99 Å². The second-order valence-electron chi connectivity index (χ2n) is 6.48. The molecule has 0 amide bonds. The van der Waals surface area contributed by atoms with Crippen molar-refractivity contribution in [3.05, 3.63) is 59.0 Å². The Morgan fingerprint density at radius 1 is 1.15 bits per heavy atom. The summed E-state index contributed by atoms with van der Waals surface area (Å²) in [6, 6.07) is 11.9. The van der Waals surface area contributed by atoms with E-state index in [1.807, 2.05) is 30.3 Å². The van der Waals surface area contributed by atoms with Crippen LogP contribution in [0.15, 0.2) is 52.1 Å². The monoisotopic (exact) mass is 375 g/mol. The van der Waals surface area contributed by atoms with Crippen LogP contribution in [0.4, 0.5) is 0 Å². The van der Waals surface area contributed by atoms with Gasteiger partial charge >= 0.3 is 0 Å². The number of hydrogen-bond acceptors (Lipinski definition) is 3. The third-order valence-corrected chi connectivity index (χ3v) is 4.61.